The van der Waals surface area contributed by atoms with E-state index >= 15 is 0 Å². The van der Waals surface area contributed by atoms with E-state index in [4.69, 9.17) is 4.84 Å². The molecule has 2 atom stereocenters. The molecule has 0 bridgehead atoms. The molecule has 2 amide bonds. The highest BCUT2D eigenvalue weighted by Gasteiger charge is 2.54. The Kier molecular flexibility index (Phi) is 7.62. The zero-order valence-corrected chi connectivity index (χ0v) is 22.5. The van der Waals surface area contributed by atoms with Gasteiger partial charge in [-0.25, -0.2) is 4.79 Å². The molecule has 15 heteroatoms. The molecule has 5 rings (SSSR count). The zero-order chi connectivity index (χ0) is 25.2. The van der Waals surface area contributed by atoms with Crippen molar-refractivity contribution in [2.45, 2.75) is 25.5 Å². The molecule has 1 aromatic heterocycles. The van der Waals surface area contributed by atoms with Crippen molar-refractivity contribution < 1.29 is 24.3 Å². The number of oxime groups is 1. The maximum Gasteiger partial charge on any atom is 0.352 e. The summed E-state index contributed by atoms with van der Waals surface area (Å²) in [5, 5.41) is 25.5. The van der Waals surface area contributed by atoms with Gasteiger partial charge in [0.15, 0.2) is 10.1 Å². The summed E-state index contributed by atoms with van der Waals surface area (Å²) in [5.74, 6) is -1.41. The van der Waals surface area contributed by atoms with Gasteiger partial charge in [0.25, 0.3) is 11.8 Å². The molecule has 1 fully saturated rings. The number of benzene rings is 1. The lowest BCUT2D eigenvalue weighted by molar-refractivity contribution is -0.150. The molecule has 1 aromatic carbocycles. The summed E-state index contributed by atoms with van der Waals surface area (Å²) in [5.41, 5.74) is 2.26. The summed E-state index contributed by atoms with van der Waals surface area (Å²) in [6, 6.07) is 6.93. The molecule has 186 valence electrons. The van der Waals surface area contributed by atoms with Gasteiger partial charge in [0.05, 0.1) is 4.91 Å². The Morgan fingerprint density at radius 1 is 1.33 bits per heavy atom. The largest absolute Gasteiger partial charge is 0.477 e. The van der Waals surface area contributed by atoms with Crippen molar-refractivity contribution in [2.75, 3.05) is 18.6 Å². The van der Waals surface area contributed by atoms with Crippen molar-refractivity contribution >= 4 is 81.9 Å². The molecular weight excluding hydrogens is 563 g/mol. The van der Waals surface area contributed by atoms with Crippen molar-refractivity contribution in [3.8, 4) is 0 Å². The number of hydrogen-bond donors (Lipinski definition) is 2. The lowest BCUT2D eigenvalue weighted by Crippen LogP contribution is -2.71. The maximum absolute atomic E-state index is 13.2. The molecule has 0 spiro atoms. The lowest BCUT2D eigenvalue weighted by atomic mass is 10.0. The van der Waals surface area contributed by atoms with E-state index in [1.54, 1.807) is 5.51 Å². The van der Waals surface area contributed by atoms with Crippen LogP contribution >= 0.6 is 58.4 Å². The van der Waals surface area contributed by atoms with Crippen LogP contribution in [0.5, 0.6) is 0 Å². The first kappa shape index (κ1) is 25.2. The number of nitrogens with one attached hydrogen (secondary N) is 1. The van der Waals surface area contributed by atoms with E-state index in [2.05, 4.69) is 20.7 Å². The van der Waals surface area contributed by atoms with Crippen LogP contribution < -0.4 is 5.32 Å². The van der Waals surface area contributed by atoms with Crippen LogP contribution in [-0.4, -0.2) is 73.7 Å². The summed E-state index contributed by atoms with van der Waals surface area (Å²) in [6.45, 7) is 0. The molecule has 3 aliphatic rings. The Labute approximate surface area is 226 Å². The molecule has 36 heavy (non-hydrogen) atoms. The second-order valence-electron chi connectivity index (χ2n) is 7.38. The van der Waals surface area contributed by atoms with Gasteiger partial charge in [0.2, 0.25) is 0 Å². The van der Waals surface area contributed by atoms with Crippen LogP contribution in [0.4, 0.5) is 0 Å². The first-order valence-corrected chi connectivity index (χ1v) is 14.9. The number of rotatable bonds is 8. The number of β-lactam (4-membered cyclic amide) rings is 1. The number of nitrogens with zero attached hydrogens (tertiary/aromatic N) is 4. The standard InChI is InChI=1S/C21H17N5O5S5/c1-31-25-14(13-8-32-11-4-2-3-5-12(11)36-13)17(27)23-15-18(28)26-16(20(29)30)10(6-33-19(15)26)7-34-21-24-22-9-35-21/h2-5,8-9,15,19H,6-7H2,1H3,(H,23,27)(H,29,30)/t15?,19-/m0/s1. The van der Waals surface area contributed by atoms with E-state index < -0.39 is 29.2 Å². The highest BCUT2D eigenvalue weighted by atomic mass is 32.2. The van der Waals surface area contributed by atoms with Gasteiger partial charge < -0.3 is 15.3 Å². The van der Waals surface area contributed by atoms with Crippen LogP contribution in [0.1, 0.15) is 0 Å². The molecule has 0 saturated carbocycles. The van der Waals surface area contributed by atoms with Crippen LogP contribution in [0, 0.1) is 0 Å². The third kappa shape index (κ3) is 4.89. The third-order valence-electron chi connectivity index (χ3n) is 5.24. The van der Waals surface area contributed by atoms with Crippen molar-refractivity contribution in [3.63, 3.8) is 0 Å². The second-order valence-corrected chi connectivity index (χ2v) is 12.5. The Morgan fingerprint density at radius 2 is 2.14 bits per heavy atom. The quantitative estimate of drug-likeness (QED) is 0.207. The summed E-state index contributed by atoms with van der Waals surface area (Å²) < 4.78 is 0.722. The van der Waals surface area contributed by atoms with Crippen molar-refractivity contribution in [3.05, 3.63) is 51.4 Å². The molecule has 1 saturated heterocycles. The number of hydrogen-bond acceptors (Lipinski definition) is 12. The second kappa shape index (κ2) is 10.9. The summed E-state index contributed by atoms with van der Waals surface area (Å²) in [4.78, 5) is 47.1. The van der Waals surface area contributed by atoms with Gasteiger partial charge in [0, 0.05) is 21.3 Å². The fourth-order valence-corrected chi connectivity index (χ4v) is 8.71. The number of thioether (sulfide) groups is 4. The van der Waals surface area contributed by atoms with Gasteiger partial charge in [-0.3, -0.25) is 14.5 Å². The Balaban J connectivity index is 1.30. The minimum absolute atomic E-state index is 0.0319. The van der Waals surface area contributed by atoms with E-state index in [0.29, 0.717) is 22.0 Å². The minimum atomic E-state index is -1.17. The van der Waals surface area contributed by atoms with Crippen LogP contribution in [-0.2, 0) is 19.2 Å². The molecule has 3 aliphatic heterocycles. The van der Waals surface area contributed by atoms with Crippen molar-refractivity contribution in [1.29, 1.82) is 0 Å². The normalized spacial score (nSPS) is 21.2. The average Bonchev–Trinajstić information content (AvgIpc) is 3.41. The summed E-state index contributed by atoms with van der Waals surface area (Å²) in [6.07, 6.45) is 0. The first-order chi connectivity index (χ1) is 17.5. The number of fused-ring (bicyclic) bond motifs is 2. The number of carboxylic acids is 1. The predicted octanol–water partition coefficient (Wildman–Crippen LogP) is 3.11. The smallest absolute Gasteiger partial charge is 0.352 e. The zero-order valence-electron chi connectivity index (χ0n) is 18.4. The van der Waals surface area contributed by atoms with Crippen LogP contribution in [0.2, 0.25) is 0 Å². The summed E-state index contributed by atoms with van der Waals surface area (Å²) in [7, 11) is 1.35. The number of amides is 2. The number of aliphatic carboxylic acids is 1. The maximum atomic E-state index is 13.2. The Morgan fingerprint density at radius 3 is 2.86 bits per heavy atom. The van der Waals surface area contributed by atoms with Gasteiger partial charge in [-0.15, -0.1) is 22.0 Å². The summed E-state index contributed by atoms with van der Waals surface area (Å²) >= 11 is 7.02. The first-order valence-electron chi connectivity index (χ1n) is 10.3. The molecule has 1 unspecified atom stereocenters. The van der Waals surface area contributed by atoms with Gasteiger partial charge in [-0.05, 0) is 23.1 Å². The van der Waals surface area contributed by atoms with E-state index in [-0.39, 0.29) is 11.4 Å². The highest BCUT2D eigenvalue weighted by Crippen LogP contribution is 2.44. The number of carbonyl (C=O) groups excluding carboxylic acids is 2. The number of carbonyl (C=O) groups is 3. The average molecular weight is 580 g/mol. The van der Waals surface area contributed by atoms with Crippen molar-refractivity contribution in [2.24, 2.45) is 5.16 Å². The molecular formula is C21H17N5O5S5. The van der Waals surface area contributed by atoms with Crippen LogP contribution in [0.15, 0.2) is 70.6 Å². The van der Waals surface area contributed by atoms with Gasteiger partial charge >= 0.3 is 5.97 Å². The number of aromatic nitrogens is 2. The number of carboxylic acid groups (broad SMARTS) is 1. The SMILES string of the molecule is CON=C(C(=O)NC1C(=O)N2C(C(=O)O)=C(CSc3nncs3)CS[C@@H]12)C1=CSc2ccccc2S1. The molecule has 2 aromatic rings. The van der Waals surface area contributed by atoms with E-state index in [0.717, 1.165) is 14.1 Å². The highest BCUT2D eigenvalue weighted by molar-refractivity contribution is 8.09. The molecule has 10 nitrogen and oxygen atoms in total. The van der Waals surface area contributed by atoms with Crippen LogP contribution in [0.3, 0.4) is 0 Å². The van der Waals surface area contributed by atoms with Gasteiger partial charge in [-0.2, -0.15) is 0 Å². The molecule has 0 radical (unpaired) electrons. The Hall–Kier alpha value is -2.46. The van der Waals surface area contributed by atoms with E-state index in [1.165, 1.54) is 70.4 Å². The third-order valence-corrected chi connectivity index (χ3v) is 10.9. The monoisotopic (exact) mass is 579 g/mol. The Bertz CT molecular complexity index is 1310. The fraction of sp³-hybridized carbons (Fsp3) is 0.238. The van der Waals surface area contributed by atoms with Gasteiger partial charge in [0.1, 0.15) is 29.7 Å². The van der Waals surface area contributed by atoms with Crippen molar-refractivity contribution in [1.82, 2.24) is 20.4 Å². The molecule has 2 N–H and O–H groups in total. The minimum Gasteiger partial charge on any atom is -0.477 e. The molecule has 0 aliphatic carbocycles. The fourth-order valence-electron chi connectivity index (χ4n) is 3.66. The van der Waals surface area contributed by atoms with Gasteiger partial charge in [-0.1, -0.05) is 63.9 Å². The molecule has 4 heterocycles. The van der Waals surface area contributed by atoms with Crippen LogP contribution in [0.25, 0.3) is 0 Å². The van der Waals surface area contributed by atoms with E-state index in [1.807, 2.05) is 29.7 Å². The van der Waals surface area contributed by atoms with E-state index in [9.17, 15) is 19.5 Å². The lowest BCUT2D eigenvalue weighted by Gasteiger charge is -2.49. The predicted molar refractivity (Wildman–Crippen MR) is 141 cm³/mol. The topological polar surface area (TPSA) is 134 Å².